The monoisotopic (exact) mass is 354 g/mol. The number of likely N-dealkylation sites (tertiary alicyclic amines) is 1. The minimum atomic E-state index is -0.283. The second kappa shape index (κ2) is 7.08. The Hall–Kier alpha value is -2.40. The topological polar surface area (TPSA) is 55.6 Å². The highest BCUT2D eigenvalue weighted by atomic mass is 19.1. The van der Waals surface area contributed by atoms with Crippen LogP contribution in [0, 0.1) is 17.7 Å². The third-order valence-corrected chi connectivity index (χ3v) is 5.38. The maximum Gasteiger partial charge on any atom is 0.253 e. The van der Waals surface area contributed by atoms with E-state index in [1.165, 1.54) is 18.9 Å². The van der Waals surface area contributed by atoms with Crippen molar-refractivity contribution in [2.75, 3.05) is 13.1 Å². The summed E-state index contributed by atoms with van der Waals surface area (Å²) in [5, 5.41) is 0. The van der Waals surface area contributed by atoms with E-state index in [2.05, 4.69) is 0 Å². The molecule has 1 aliphatic heterocycles. The second-order valence-electron chi connectivity index (χ2n) is 7.28. The first-order valence-corrected chi connectivity index (χ1v) is 9.13. The first-order chi connectivity index (χ1) is 12.6. The number of ether oxygens (including phenoxy) is 1. The van der Waals surface area contributed by atoms with E-state index in [0.29, 0.717) is 35.3 Å². The second-order valence-corrected chi connectivity index (χ2v) is 7.28. The molecule has 0 bridgehead atoms. The Morgan fingerprint density at radius 2 is 1.85 bits per heavy atom. The standard InChI is InChI=1S/C21H23FN2O2/c22-19-4-2-1-3-16(19)13-26-17-9-7-15(8-10-17)21(25)24-11-18(14-5-6-14)20(23)12-24/h1-4,7-10,14,18,20H,5-6,11-13,23H2/t18-,20+/m1/s1. The number of benzene rings is 2. The molecule has 2 atom stereocenters. The zero-order valence-corrected chi connectivity index (χ0v) is 14.6. The molecule has 1 heterocycles. The number of nitrogens with zero attached hydrogens (tertiary/aromatic N) is 1. The predicted molar refractivity (Wildman–Crippen MR) is 97.3 cm³/mol. The van der Waals surface area contributed by atoms with Crippen LogP contribution >= 0.6 is 0 Å². The van der Waals surface area contributed by atoms with Crippen molar-refractivity contribution < 1.29 is 13.9 Å². The summed E-state index contributed by atoms with van der Waals surface area (Å²) in [4.78, 5) is 14.6. The van der Waals surface area contributed by atoms with Crippen LogP contribution in [0.3, 0.4) is 0 Å². The fraction of sp³-hybridized carbons (Fsp3) is 0.381. The molecule has 1 saturated heterocycles. The Kier molecular flexibility index (Phi) is 4.64. The highest BCUT2D eigenvalue weighted by Crippen LogP contribution is 2.41. The molecule has 2 fully saturated rings. The largest absolute Gasteiger partial charge is 0.489 e. The van der Waals surface area contributed by atoms with E-state index in [1.54, 1.807) is 42.5 Å². The van der Waals surface area contributed by atoms with Crippen LogP contribution in [-0.4, -0.2) is 29.9 Å². The quantitative estimate of drug-likeness (QED) is 0.897. The molecule has 1 amide bonds. The van der Waals surface area contributed by atoms with Gasteiger partial charge in [0.2, 0.25) is 0 Å². The lowest BCUT2D eigenvalue weighted by Crippen LogP contribution is -2.32. The van der Waals surface area contributed by atoms with Crippen molar-refractivity contribution in [3.63, 3.8) is 0 Å². The van der Waals surface area contributed by atoms with Crippen molar-refractivity contribution in [3.8, 4) is 5.75 Å². The van der Waals surface area contributed by atoms with Gasteiger partial charge in [-0.2, -0.15) is 0 Å². The van der Waals surface area contributed by atoms with Gasteiger partial charge >= 0.3 is 0 Å². The Morgan fingerprint density at radius 1 is 1.12 bits per heavy atom. The van der Waals surface area contributed by atoms with Crippen LogP contribution in [0.2, 0.25) is 0 Å². The molecule has 0 unspecified atom stereocenters. The minimum Gasteiger partial charge on any atom is -0.489 e. The molecule has 0 spiro atoms. The molecule has 2 N–H and O–H groups in total. The maximum atomic E-state index is 13.6. The minimum absolute atomic E-state index is 0.0178. The van der Waals surface area contributed by atoms with E-state index >= 15 is 0 Å². The summed E-state index contributed by atoms with van der Waals surface area (Å²) < 4.78 is 19.2. The molecule has 4 rings (SSSR count). The van der Waals surface area contributed by atoms with Gasteiger partial charge in [0.15, 0.2) is 0 Å². The van der Waals surface area contributed by atoms with Crippen LogP contribution in [0.25, 0.3) is 0 Å². The van der Waals surface area contributed by atoms with Crippen LogP contribution in [0.5, 0.6) is 5.75 Å². The molecule has 5 heteroatoms. The smallest absolute Gasteiger partial charge is 0.253 e. The van der Waals surface area contributed by atoms with E-state index in [1.807, 2.05) is 4.90 Å². The molecular formula is C21H23FN2O2. The molecule has 4 nitrogen and oxygen atoms in total. The Labute approximate surface area is 152 Å². The number of halogens is 1. The normalized spacial score (nSPS) is 22.5. The average molecular weight is 354 g/mol. The van der Waals surface area contributed by atoms with Gasteiger partial charge in [0.25, 0.3) is 5.91 Å². The molecule has 0 aromatic heterocycles. The van der Waals surface area contributed by atoms with Crippen LogP contribution in [0.1, 0.15) is 28.8 Å². The molecule has 136 valence electrons. The summed E-state index contributed by atoms with van der Waals surface area (Å²) in [5.41, 5.74) is 7.35. The number of rotatable bonds is 5. The Morgan fingerprint density at radius 3 is 2.54 bits per heavy atom. The van der Waals surface area contributed by atoms with Gasteiger partial charge in [-0.1, -0.05) is 18.2 Å². The molecular weight excluding hydrogens is 331 g/mol. The predicted octanol–water partition coefficient (Wildman–Crippen LogP) is 3.21. The van der Waals surface area contributed by atoms with E-state index in [9.17, 15) is 9.18 Å². The van der Waals surface area contributed by atoms with Crippen molar-refractivity contribution in [1.29, 1.82) is 0 Å². The summed E-state index contributed by atoms with van der Waals surface area (Å²) >= 11 is 0. The van der Waals surface area contributed by atoms with Gasteiger partial charge in [-0.15, -0.1) is 0 Å². The van der Waals surface area contributed by atoms with Gasteiger partial charge in [-0.3, -0.25) is 4.79 Å². The maximum absolute atomic E-state index is 13.6. The third kappa shape index (κ3) is 3.58. The SMILES string of the molecule is N[C@H]1CN(C(=O)c2ccc(OCc3ccccc3F)cc2)C[C@@H]1C1CC1. The van der Waals surface area contributed by atoms with Crippen molar-refractivity contribution in [1.82, 2.24) is 4.90 Å². The van der Waals surface area contributed by atoms with Crippen molar-refractivity contribution in [3.05, 3.63) is 65.5 Å². The van der Waals surface area contributed by atoms with E-state index in [-0.39, 0.29) is 24.4 Å². The first-order valence-electron chi connectivity index (χ1n) is 9.13. The van der Waals surface area contributed by atoms with Gasteiger partial charge in [-0.25, -0.2) is 4.39 Å². The highest BCUT2D eigenvalue weighted by molar-refractivity contribution is 5.94. The van der Waals surface area contributed by atoms with Crippen molar-refractivity contribution >= 4 is 5.91 Å². The number of hydrogen-bond donors (Lipinski definition) is 1. The Balaban J connectivity index is 1.36. The molecule has 2 aromatic carbocycles. The van der Waals surface area contributed by atoms with E-state index < -0.39 is 0 Å². The summed E-state index contributed by atoms with van der Waals surface area (Å²) in [6.07, 6.45) is 2.49. The zero-order chi connectivity index (χ0) is 18.1. The Bertz CT molecular complexity index is 789. The van der Waals surface area contributed by atoms with Crippen LogP contribution in [-0.2, 0) is 6.61 Å². The van der Waals surface area contributed by atoms with Gasteiger partial charge < -0.3 is 15.4 Å². The average Bonchev–Trinajstić information content (AvgIpc) is 3.43. The molecule has 1 saturated carbocycles. The summed E-state index contributed by atoms with van der Waals surface area (Å²) in [5.74, 6) is 1.50. The number of carbonyl (C=O) groups excluding carboxylic acids is 1. The molecule has 0 radical (unpaired) electrons. The lowest BCUT2D eigenvalue weighted by molar-refractivity contribution is 0.0785. The zero-order valence-electron chi connectivity index (χ0n) is 14.6. The summed E-state index contributed by atoms with van der Waals surface area (Å²) in [6, 6.07) is 13.6. The van der Waals surface area contributed by atoms with Gasteiger partial charge in [0.1, 0.15) is 18.2 Å². The fourth-order valence-electron chi connectivity index (χ4n) is 3.70. The molecule has 2 aromatic rings. The lowest BCUT2D eigenvalue weighted by Gasteiger charge is -2.16. The summed E-state index contributed by atoms with van der Waals surface area (Å²) in [6.45, 7) is 1.55. The number of amides is 1. The third-order valence-electron chi connectivity index (χ3n) is 5.38. The summed E-state index contributed by atoms with van der Waals surface area (Å²) in [7, 11) is 0. The highest BCUT2D eigenvalue weighted by Gasteiger charge is 2.42. The molecule has 2 aliphatic rings. The number of hydrogen-bond acceptors (Lipinski definition) is 3. The first kappa shape index (κ1) is 17.0. The van der Waals surface area contributed by atoms with Crippen LogP contribution < -0.4 is 10.5 Å². The van der Waals surface area contributed by atoms with Gasteiger partial charge in [-0.05, 0) is 55.0 Å². The van der Waals surface area contributed by atoms with Crippen LogP contribution in [0.4, 0.5) is 4.39 Å². The van der Waals surface area contributed by atoms with E-state index in [4.69, 9.17) is 10.5 Å². The van der Waals surface area contributed by atoms with Gasteiger partial charge in [0, 0.05) is 30.3 Å². The van der Waals surface area contributed by atoms with E-state index in [0.717, 1.165) is 6.54 Å². The lowest BCUT2D eigenvalue weighted by atomic mass is 9.99. The van der Waals surface area contributed by atoms with Crippen LogP contribution in [0.15, 0.2) is 48.5 Å². The number of carbonyl (C=O) groups is 1. The molecule has 26 heavy (non-hydrogen) atoms. The molecule has 1 aliphatic carbocycles. The van der Waals surface area contributed by atoms with Gasteiger partial charge in [0.05, 0.1) is 0 Å². The number of nitrogens with two attached hydrogens (primary N) is 1. The van der Waals surface area contributed by atoms with Crippen molar-refractivity contribution in [2.45, 2.75) is 25.5 Å². The fourth-order valence-corrected chi connectivity index (χ4v) is 3.70. The van der Waals surface area contributed by atoms with Crippen molar-refractivity contribution in [2.24, 2.45) is 17.6 Å².